The van der Waals surface area contributed by atoms with Crippen LogP contribution in [0.5, 0.6) is 0 Å². The number of hydrogen-bond donors (Lipinski definition) is 0. The molecule has 34 heavy (non-hydrogen) atoms. The summed E-state index contributed by atoms with van der Waals surface area (Å²) in [6, 6.07) is 5.20. The van der Waals surface area contributed by atoms with E-state index in [0.29, 0.717) is 0 Å². The van der Waals surface area contributed by atoms with Gasteiger partial charge in [0.1, 0.15) is 17.3 Å². The van der Waals surface area contributed by atoms with Crippen LogP contribution in [0.15, 0.2) is 0 Å². The average molecular weight is 551 g/mol. The van der Waals surface area contributed by atoms with E-state index in [-0.39, 0.29) is 33.1 Å². The zero-order valence-electron chi connectivity index (χ0n) is 22.8. The summed E-state index contributed by atoms with van der Waals surface area (Å²) in [5, 5.41) is 0.258. The van der Waals surface area contributed by atoms with Crippen LogP contribution in [0.4, 0.5) is 0 Å². The summed E-state index contributed by atoms with van der Waals surface area (Å²) < 4.78 is 5.68. The monoisotopic (exact) mass is 550 g/mol. The summed E-state index contributed by atoms with van der Waals surface area (Å²) in [5.74, 6) is 3.93. The molecule has 200 valence electrons. The lowest BCUT2D eigenvalue weighted by Crippen LogP contribution is -2.35. The van der Waals surface area contributed by atoms with Gasteiger partial charge in [0.05, 0.1) is 23.8 Å². The number of rotatable bonds is 23. The first kappa shape index (κ1) is 34.2. The molecule has 0 saturated heterocycles. The van der Waals surface area contributed by atoms with Gasteiger partial charge in [0, 0.05) is 13.2 Å². The third kappa shape index (κ3) is 16.8. The molecule has 0 aromatic carbocycles. The van der Waals surface area contributed by atoms with Crippen LogP contribution in [-0.4, -0.2) is 71.6 Å². The largest absolute Gasteiger partial charge is 0.382 e. The molecular formula is C26H50O4S3Si. The van der Waals surface area contributed by atoms with Gasteiger partial charge in [-0.05, 0) is 91.4 Å². The van der Waals surface area contributed by atoms with Gasteiger partial charge >= 0.3 is 0 Å². The Kier molecular flexibility index (Phi) is 20.5. The van der Waals surface area contributed by atoms with Crippen molar-refractivity contribution in [2.45, 2.75) is 114 Å². The van der Waals surface area contributed by atoms with Gasteiger partial charge in [0.25, 0.3) is 0 Å². The van der Waals surface area contributed by atoms with Crippen LogP contribution in [0.1, 0.15) is 74.1 Å². The Balaban J connectivity index is 5.12. The molecule has 0 aromatic heterocycles. The molecular weight excluding hydrogens is 501 g/mol. The number of ketones is 3. The molecule has 0 N–H and O–H groups in total. The number of ether oxygens (including phenoxy) is 1. The lowest BCUT2D eigenvalue weighted by atomic mass is 10.3. The Labute approximate surface area is 223 Å². The van der Waals surface area contributed by atoms with Gasteiger partial charge in [0.2, 0.25) is 0 Å². The smallest absolute Gasteiger partial charge is 0.142 e. The highest BCUT2D eigenvalue weighted by Gasteiger charge is 2.31. The second-order valence-corrected chi connectivity index (χ2v) is 18.8. The normalized spacial score (nSPS) is 16.0. The fourth-order valence-electron chi connectivity index (χ4n) is 3.92. The topological polar surface area (TPSA) is 60.4 Å². The number of carbonyl (C=O) groups is 3. The third-order valence-electron chi connectivity index (χ3n) is 6.58. The molecule has 0 fully saturated rings. The first-order valence-corrected chi connectivity index (χ1v) is 19.0. The molecule has 3 atom stereocenters. The van der Waals surface area contributed by atoms with Gasteiger partial charge in [0.15, 0.2) is 0 Å². The van der Waals surface area contributed by atoms with E-state index in [1.54, 1.807) is 56.1 Å². The maximum Gasteiger partial charge on any atom is 0.142 e. The fourth-order valence-corrected chi connectivity index (χ4v) is 12.6. The van der Waals surface area contributed by atoms with Crippen molar-refractivity contribution in [2.75, 3.05) is 30.5 Å². The van der Waals surface area contributed by atoms with Crippen molar-refractivity contribution in [1.82, 2.24) is 0 Å². The summed E-state index contributed by atoms with van der Waals surface area (Å²) in [6.45, 7) is 14.8. The van der Waals surface area contributed by atoms with E-state index in [2.05, 4.69) is 6.92 Å². The van der Waals surface area contributed by atoms with Gasteiger partial charge in [-0.25, -0.2) is 0 Å². The highest BCUT2D eigenvalue weighted by atomic mass is 32.2. The lowest BCUT2D eigenvalue weighted by Gasteiger charge is -2.33. The number of Topliss-reactive ketones (excluding diaryl/α,β-unsaturated/α-hetero) is 3. The molecule has 0 aromatic rings. The second-order valence-electron chi connectivity index (χ2n) is 9.48. The molecule has 4 nitrogen and oxygen atoms in total. The summed E-state index contributed by atoms with van der Waals surface area (Å²) in [7, 11) is -1.52. The van der Waals surface area contributed by atoms with Crippen molar-refractivity contribution >= 4 is 60.7 Å². The average Bonchev–Trinajstić information content (AvgIpc) is 2.79. The van der Waals surface area contributed by atoms with Crippen molar-refractivity contribution in [3.63, 3.8) is 0 Å². The number of carbonyl (C=O) groups excluding carboxylic acids is 3. The zero-order chi connectivity index (χ0) is 26.0. The molecule has 0 amide bonds. The lowest BCUT2D eigenvalue weighted by molar-refractivity contribution is -0.117. The van der Waals surface area contributed by atoms with Gasteiger partial charge in [-0.1, -0.05) is 24.2 Å². The molecule has 0 aliphatic carbocycles. The van der Waals surface area contributed by atoms with Crippen LogP contribution < -0.4 is 0 Å². The summed E-state index contributed by atoms with van der Waals surface area (Å²) in [5.41, 5.74) is 0. The molecule has 0 rings (SSSR count). The van der Waals surface area contributed by atoms with Gasteiger partial charge in [-0.3, -0.25) is 14.4 Å². The van der Waals surface area contributed by atoms with Gasteiger partial charge in [-0.15, -0.1) is 0 Å². The Morgan fingerprint density at radius 1 is 0.647 bits per heavy atom. The quantitative estimate of drug-likeness (QED) is 0.0987. The fraction of sp³-hybridized carbons (Fsp3) is 0.885. The highest BCUT2D eigenvalue weighted by Crippen LogP contribution is 2.34. The van der Waals surface area contributed by atoms with Crippen molar-refractivity contribution < 1.29 is 19.1 Å². The maximum atomic E-state index is 11.6. The van der Waals surface area contributed by atoms with E-state index < -0.39 is 8.07 Å². The predicted octanol–water partition coefficient (Wildman–Crippen LogP) is 7.16. The molecule has 0 saturated carbocycles. The minimum Gasteiger partial charge on any atom is -0.382 e. The highest BCUT2D eigenvalue weighted by molar-refractivity contribution is 8.01. The Morgan fingerprint density at radius 3 is 1.26 bits per heavy atom. The van der Waals surface area contributed by atoms with Crippen molar-refractivity contribution in [3.8, 4) is 0 Å². The molecule has 0 aliphatic rings. The predicted molar refractivity (Wildman–Crippen MR) is 158 cm³/mol. The Morgan fingerprint density at radius 2 is 0.971 bits per heavy atom. The molecule has 0 spiro atoms. The van der Waals surface area contributed by atoms with Gasteiger partial charge in [-0.2, -0.15) is 35.3 Å². The van der Waals surface area contributed by atoms with E-state index in [0.717, 1.165) is 36.9 Å². The van der Waals surface area contributed by atoms with Crippen LogP contribution in [0.25, 0.3) is 0 Å². The second kappa shape index (κ2) is 20.3. The molecule has 3 unspecified atom stereocenters. The van der Waals surface area contributed by atoms with Crippen LogP contribution >= 0.6 is 35.3 Å². The zero-order valence-corrected chi connectivity index (χ0v) is 26.2. The van der Waals surface area contributed by atoms with E-state index in [1.165, 1.54) is 43.4 Å². The SMILES string of the molecule is CCOCCC[Si](CCCSC(C)C(C)=O)(CCCSC(C)C(C)=O)CCCSC(C)C(C)=O. The number of thioether (sulfide) groups is 3. The summed E-state index contributed by atoms with van der Waals surface area (Å²) in [4.78, 5) is 34.8. The first-order valence-electron chi connectivity index (χ1n) is 13.0. The van der Waals surface area contributed by atoms with Crippen molar-refractivity contribution in [2.24, 2.45) is 0 Å². The van der Waals surface area contributed by atoms with Crippen molar-refractivity contribution in [1.29, 1.82) is 0 Å². The van der Waals surface area contributed by atoms with E-state index in [4.69, 9.17) is 4.74 Å². The molecule has 0 radical (unpaired) electrons. The molecule has 0 aliphatic heterocycles. The van der Waals surface area contributed by atoms with Crippen LogP contribution in [-0.2, 0) is 19.1 Å². The van der Waals surface area contributed by atoms with Crippen LogP contribution in [0, 0.1) is 0 Å². The maximum absolute atomic E-state index is 11.6. The van der Waals surface area contributed by atoms with E-state index in [9.17, 15) is 14.4 Å². The van der Waals surface area contributed by atoms with Gasteiger partial charge < -0.3 is 4.74 Å². The minimum atomic E-state index is -1.52. The molecule has 0 heterocycles. The molecule has 0 bridgehead atoms. The Hall–Kier alpha value is 0.237. The Bertz CT molecular complexity index is 519. The van der Waals surface area contributed by atoms with E-state index in [1.807, 2.05) is 20.8 Å². The minimum absolute atomic E-state index is 0.0861. The standard InChI is InChI=1S/C26H50O4S3Si/c1-8-30-13-9-17-34(18-10-14-31-24(5)21(2)27,19-11-15-32-25(6)22(3)28)20-12-16-33-26(7)23(4)29/h24-26H,8-20H2,1-7H3. The third-order valence-corrected chi connectivity index (χ3v) is 16.3. The summed E-state index contributed by atoms with van der Waals surface area (Å²) >= 11 is 5.38. The van der Waals surface area contributed by atoms with Crippen LogP contribution in [0.2, 0.25) is 24.2 Å². The number of hydrogen-bond acceptors (Lipinski definition) is 7. The van der Waals surface area contributed by atoms with Crippen molar-refractivity contribution in [3.05, 3.63) is 0 Å². The molecule has 8 heteroatoms. The van der Waals surface area contributed by atoms with E-state index >= 15 is 0 Å². The van der Waals surface area contributed by atoms with Crippen LogP contribution in [0.3, 0.4) is 0 Å². The summed E-state index contributed by atoms with van der Waals surface area (Å²) in [6.07, 6.45) is 4.66. The first-order chi connectivity index (χ1) is 16.0.